The number of hydrogen-bond acceptors (Lipinski definition) is 4. The number of nitrogens with zero attached hydrogens (tertiary/aromatic N) is 3. The molecule has 0 aliphatic carbocycles. The molecule has 0 bridgehead atoms. The van der Waals surface area contributed by atoms with Gasteiger partial charge in [-0.15, -0.1) is 0 Å². The van der Waals surface area contributed by atoms with Gasteiger partial charge in [-0.3, -0.25) is 0 Å². The van der Waals surface area contributed by atoms with Crippen molar-refractivity contribution in [3.05, 3.63) is 5.69 Å². The van der Waals surface area contributed by atoms with Crippen LogP contribution < -0.4 is 10.6 Å². The van der Waals surface area contributed by atoms with Crippen molar-refractivity contribution in [2.24, 2.45) is 0 Å². The van der Waals surface area contributed by atoms with Crippen molar-refractivity contribution in [1.82, 2.24) is 9.78 Å². The second-order valence-electron chi connectivity index (χ2n) is 4.23. The number of nitrogens with two attached hydrogens (primary N) is 1. The van der Waals surface area contributed by atoms with Crippen LogP contribution in [0.3, 0.4) is 0 Å². The largest absolute Gasteiger partial charge is 0.394 e. The van der Waals surface area contributed by atoms with Crippen LogP contribution in [0, 0.1) is 6.92 Å². The van der Waals surface area contributed by atoms with Crippen LogP contribution in [0.1, 0.15) is 19.0 Å². The Bertz CT molecular complexity index is 374. The van der Waals surface area contributed by atoms with Crippen molar-refractivity contribution in [3.8, 4) is 0 Å². The van der Waals surface area contributed by atoms with Gasteiger partial charge >= 0.3 is 0 Å². The molecule has 1 aromatic rings. The lowest BCUT2D eigenvalue weighted by Gasteiger charge is -2.19. The molecule has 1 saturated heterocycles. The van der Waals surface area contributed by atoms with Crippen LogP contribution in [-0.4, -0.2) is 36.1 Å². The lowest BCUT2D eigenvalue weighted by molar-refractivity contribution is 0.121. The lowest BCUT2D eigenvalue weighted by Crippen LogP contribution is -2.25. The van der Waals surface area contributed by atoms with E-state index in [1.54, 1.807) is 7.11 Å². The van der Waals surface area contributed by atoms with E-state index in [4.69, 9.17) is 10.5 Å². The van der Waals surface area contributed by atoms with E-state index in [9.17, 15) is 0 Å². The monoisotopic (exact) mass is 224 g/mol. The first-order valence-corrected chi connectivity index (χ1v) is 5.78. The Kier molecular flexibility index (Phi) is 3.05. The van der Waals surface area contributed by atoms with E-state index in [0.717, 1.165) is 43.3 Å². The zero-order valence-corrected chi connectivity index (χ0v) is 10.2. The van der Waals surface area contributed by atoms with E-state index in [1.165, 1.54) is 0 Å². The van der Waals surface area contributed by atoms with Crippen molar-refractivity contribution in [3.63, 3.8) is 0 Å². The molecular weight excluding hydrogens is 204 g/mol. The first-order valence-electron chi connectivity index (χ1n) is 5.78. The second-order valence-corrected chi connectivity index (χ2v) is 4.23. The van der Waals surface area contributed by atoms with Gasteiger partial charge in [0.25, 0.3) is 0 Å². The number of methoxy groups -OCH3 is 1. The van der Waals surface area contributed by atoms with E-state index >= 15 is 0 Å². The normalized spacial score (nSPS) is 20.7. The quantitative estimate of drug-likeness (QED) is 0.832. The smallest absolute Gasteiger partial charge is 0.150 e. The average Bonchev–Trinajstić information content (AvgIpc) is 2.85. The zero-order chi connectivity index (χ0) is 11.7. The Labute approximate surface area is 96.2 Å². The van der Waals surface area contributed by atoms with Gasteiger partial charge in [0.2, 0.25) is 0 Å². The topological polar surface area (TPSA) is 56.3 Å². The number of anilines is 2. The molecule has 0 amide bonds. The highest BCUT2D eigenvalue weighted by Gasteiger charge is 2.27. The fraction of sp³-hybridized carbons (Fsp3) is 0.727. The van der Waals surface area contributed by atoms with E-state index in [0.29, 0.717) is 6.10 Å². The zero-order valence-electron chi connectivity index (χ0n) is 10.2. The van der Waals surface area contributed by atoms with Crippen LogP contribution >= 0.6 is 0 Å². The Balaban J connectivity index is 2.26. The molecule has 5 heteroatoms. The van der Waals surface area contributed by atoms with Crippen LogP contribution in [-0.2, 0) is 11.3 Å². The van der Waals surface area contributed by atoms with E-state index in [2.05, 4.69) is 16.9 Å². The Morgan fingerprint density at radius 3 is 2.88 bits per heavy atom. The molecule has 1 fully saturated rings. The van der Waals surface area contributed by atoms with Gasteiger partial charge in [-0.2, -0.15) is 5.10 Å². The molecule has 1 atom stereocenters. The highest BCUT2D eigenvalue weighted by Crippen LogP contribution is 2.29. The van der Waals surface area contributed by atoms with Gasteiger partial charge in [0, 0.05) is 26.7 Å². The third-order valence-electron chi connectivity index (χ3n) is 3.22. The number of aromatic nitrogens is 2. The van der Waals surface area contributed by atoms with Crippen molar-refractivity contribution in [2.45, 2.75) is 32.9 Å². The van der Waals surface area contributed by atoms with E-state index in [-0.39, 0.29) is 0 Å². The van der Waals surface area contributed by atoms with Crippen molar-refractivity contribution in [2.75, 3.05) is 30.8 Å². The molecule has 16 heavy (non-hydrogen) atoms. The van der Waals surface area contributed by atoms with Gasteiger partial charge in [0.15, 0.2) is 5.82 Å². The van der Waals surface area contributed by atoms with Gasteiger partial charge in [-0.1, -0.05) is 0 Å². The van der Waals surface area contributed by atoms with Crippen LogP contribution in [0.25, 0.3) is 0 Å². The van der Waals surface area contributed by atoms with Crippen LogP contribution in [0.5, 0.6) is 0 Å². The molecule has 0 radical (unpaired) electrons. The molecule has 5 nitrogen and oxygen atoms in total. The first-order chi connectivity index (χ1) is 7.67. The SMILES string of the molecule is CCn1nc(C)c(N)c1N1CCC(OC)C1. The van der Waals surface area contributed by atoms with Gasteiger partial charge in [0.05, 0.1) is 17.5 Å². The average molecular weight is 224 g/mol. The summed E-state index contributed by atoms with van der Waals surface area (Å²) in [6.45, 7) is 6.79. The summed E-state index contributed by atoms with van der Waals surface area (Å²) in [6.07, 6.45) is 1.38. The molecule has 0 saturated carbocycles. The number of nitrogen functional groups attached to an aromatic ring is 1. The molecule has 2 heterocycles. The highest BCUT2D eigenvalue weighted by atomic mass is 16.5. The van der Waals surface area contributed by atoms with Crippen molar-refractivity contribution >= 4 is 11.5 Å². The van der Waals surface area contributed by atoms with Crippen molar-refractivity contribution < 1.29 is 4.74 Å². The maximum absolute atomic E-state index is 6.08. The maximum atomic E-state index is 6.08. The van der Waals surface area contributed by atoms with Crippen LogP contribution in [0.4, 0.5) is 11.5 Å². The van der Waals surface area contributed by atoms with Gasteiger partial charge in [-0.25, -0.2) is 4.68 Å². The predicted molar refractivity (Wildman–Crippen MR) is 64.7 cm³/mol. The first kappa shape index (κ1) is 11.3. The number of aryl methyl sites for hydroxylation is 2. The summed E-state index contributed by atoms with van der Waals surface area (Å²) in [6, 6.07) is 0. The Hall–Kier alpha value is -1.23. The minimum atomic E-state index is 0.319. The third-order valence-corrected chi connectivity index (χ3v) is 3.22. The summed E-state index contributed by atoms with van der Waals surface area (Å²) in [5.74, 6) is 1.06. The Morgan fingerprint density at radius 2 is 2.31 bits per heavy atom. The fourth-order valence-corrected chi connectivity index (χ4v) is 2.25. The number of ether oxygens (including phenoxy) is 1. The summed E-state index contributed by atoms with van der Waals surface area (Å²) >= 11 is 0. The predicted octanol–water partition coefficient (Wildman–Crippen LogP) is 1.02. The maximum Gasteiger partial charge on any atom is 0.150 e. The molecule has 1 aromatic heterocycles. The summed E-state index contributed by atoms with van der Waals surface area (Å²) in [5, 5.41) is 4.43. The Morgan fingerprint density at radius 1 is 1.56 bits per heavy atom. The van der Waals surface area contributed by atoms with E-state index < -0.39 is 0 Å². The molecule has 1 aliphatic rings. The molecular formula is C11H20N4O. The number of hydrogen-bond donors (Lipinski definition) is 1. The molecule has 2 rings (SSSR count). The lowest BCUT2D eigenvalue weighted by atomic mass is 10.3. The molecule has 2 N–H and O–H groups in total. The fourth-order valence-electron chi connectivity index (χ4n) is 2.25. The summed E-state index contributed by atoms with van der Waals surface area (Å²) in [4.78, 5) is 2.27. The van der Waals surface area contributed by atoms with Gasteiger partial charge in [0.1, 0.15) is 0 Å². The van der Waals surface area contributed by atoms with Gasteiger partial charge in [-0.05, 0) is 20.3 Å². The standard InChI is InChI=1S/C11H20N4O/c1-4-15-11(10(12)8(2)13-15)14-6-5-9(7-14)16-3/h9H,4-7,12H2,1-3H3. The molecule has 0 spiro atoms. The summed E-state index contributed by atoms with van der Waals surface area (Å²) in [5.41, 5.74) is 7.80. The second kappa shape index (κ2) is 4.33. The van der Waals surface area contributed by atoms with Crippen LogP contribution in [0.15, 0.2) is 0 Å². The minimum Gasteiger partial charge on any atom is -0.394 e. The highest BCUT2D eigenvalue weighted by molar-refractivity contribution is 5.66. The van der Waals surface area contributed by atoms with E-state index in [1.807, 2.05) is 11.6 Å². The molecule has 1 aliphatic heterocycles. The number of rotatable bonds is 3. The summed E-state index contributed by atoms with van der Waals surface area (Å²) < 4.78 is 7.35. The third kappa shape index (κ3) is 1.75. The summed E-state index contributed by atoms with van der Waals surface area (Å²) in [7, 11) is 1.76. The minimum absolute atomic E-state index is 0.319. The van der Waals surface area contributed by atoms with Crippen LogP contribution in [0.2, 0.25) is 0 Å². The molecule has 0 aromatic carbocycles. The molecule has 90 valence electrons. The molecule has 1 unspecified atom stereocenters. The van der Waals surface area contributed by atoms with Gasteiger partial charge < -0.3 is 15.4 Å². The van der Waals surface area contributed by atoms with Crippen molar-refractivity contribution in [1.29, 1.82) is 0 Å².